The van der Waals surface area contributed by atoms with Crippen LogP contribution in [0.2, 0.25) is 0 Å². The fourth-order valence-corrected chi connectivity index (χ4v) is 1.82. The van der Waals surface area contributed by atoms with Crippen LogP contribution < -0.4 is 0 Å². The Kier molecular flexibility index (Phi) is 4.54. The second-order valence-corrected chi connectivity index (χ2v) is 5.79. The topological polar surface area (TPSA) is 49.7 Å². The van der Waals surface area contributed by atoms with Crippen molar-refractivity contribution in [2.75, 3.05) is 0 Å². The number of ether oxygens (including phenoxy) is 1. The van der Waals surface area contributed by atoms with Crippen molar-refractivity contribution in [3.8, 4) is 5.75 Å². The number of benzene rings is 1. The largest absolute Gasteiger partial charge is 0.506 e. The minimum atomic E-state index is -4.70. The van der Waals surface area contributed by atoms with Gasteiger partial charge in [-0.3, -0.25) is 0 Å². The monoisotopic (exact) mass is 342 g/mol. The quantitative estimate of drug-likeness (QED) is 0.799. The van der Waals surface area contributed by atoms with E-state index in [4.69, 9.17) is 4.74 Å². The molecule has 0 fully saturated rings. The predicted molar refractivity (Wildman–Crippen MR) is 66.6 cm³/mol. The van der Waals surface area contributed by atoms with Crippen LogP contribution in [0, 0.1) is 0 Å². The molecule has 1 aromatic carbocycles. The molecule has 2 N–H and O–H groups in total. The molecule has 0 bridgehead atoms. The molecule has 3 nitrogen and oxygen atoms in total. The van der Waals surface area contributed by atoms with E-state index < -0.39 is 34.9 Å². The Bertz CT molecular complexity index is 467. The highest BCUT2D eigenvalue weighted by Crippen LogP contribution is 2.43. The van der Waals surface area contributed by atoms with E-state index in [1.54, 1.807) is 20.8 Å². The summed E-state index contributed by atoms with van der Waals surface area (Å²) in [5.41, 5.74) is -2.70. The lowest BCUT2D eigenvalue weighted by molar-refractivity contribution is -0.179. The fourth-order valence-electron chi connectivity index (χ4n) is 1.47. The summed E-state index contributed by atoms with van der Waals surface area (Å²) in [6.07, 6.45) is -6.58. The number of hydrogen-bond donors (Lipinski definition) is 2. The zero-order valence-corrected chi connectivity index (χ0v) is 12.1. The normalized spacial score (nSPS) is 14.5. The zero-order valence-electron chi connectivity index (χ0n) is 10.5. The number of phenolic OH excluding ortho intramolecular Hbond substituents is 1. The van der Waals surface area contributed by atoms with Crippen molar-refractivity contribution in [3.05, 3.63) is 27.7 Å². The molecule has 0 amide bonds. The van der Waals surface area contributed by atoms with Crippen molar-refractivity contribution in [2.45, 2.75) is 38.8 Å². The van der Waals surface area contributed by atoms with E-state index in [2.05, 4.69) is 15.9 Å². The minimum Gasteiger partial charge on any atom is -0.506 e. The SMILES string of the molecule is CC(C)(C)OC(O)c1c(C(F)(F)F)ccc(Br)c1O. The van der Waals surface area contributed by atoms with Crippen LogP contribution in [-0.4, -0.2) is 15.8 Å². The summed E-state index contributed by atoms with van der Waals surface area (Å²) in [6.45, 7) is 4.75. The van der Waals surface area contributed by atoms with Crippen molar-refractivity contribution < 1.29 is 28.1 Å². The van der Waals surface area contributed by atoms with Crippen molar-refractivity contribution in [1.82, 2.24) is 0 Å². The number of phenols is 1. The van der Waals surface area contributed by atoms with Crippen LogP contribution in [0.4, 0.5) is 13.2 Å². The molecule has 1 rings (SSSR count). The summed E-state index contributed by atoms with van der Waals surface area (Å²) >= 11 is 2.91. The Hall–Kier alpha value is -0.790. The van der Waals surface area contributed by atoms with Gasteiger partial charge in [0.05, 0.1) is 21.2 Å². The highest BCUT2D eigenvalue weighted by atomic mass is 79.9. The van der Waals surface area contributed by atoms with Crippen molar-refractivity contribution in [3.63, 3.8) is 0 Å². The van der Waals surface area contributed by atoms with E-state index in [0.717, 1.165) is 12.1 Å². The van der Waals surface area contributed by atoms with E-state index in [-0.39, 0.29) is 4.47 Å². The molecule has 0 aliphatic carbocycles. The number of halogens is 4. The highest BCUT2D eigenvalue weighted by molar-refractivity contribution is 9.10. The van der Waals surface area contributed by atoms with Gasteiger partial charge in [-0.25, -0.2) is 0 Å². The highest BCUT2D eigenvalue weighted by Gasteiger charge is 2.38. The number of alkyl halides is 3. The van der Waals surface area contributed by atoms with E-state index in [9.17, 15) is 23.4 Å². The lowest BCUT2D eigenvalue weighted by atomic mass is 10.0. The molecule has 1 unspecified atom stereocenters. The van der Waals surface area contributed by atoms with Gasteiger partial charge in [-0.15, -0.1) is 0 Å². The lowest BCUT2D eigenvalue weighted by Crippen LogP contribution is -2.24. The number of aromatic hydroxyl groups is 1. The average molecular weight is 343 g/mol. The Labute approximate surface area is 117 Å². The van der Waals surface area contributed by atoms with Gasteiger partial charge in [0.1, 0.15) is 5.75 Å². The molecule has 19 heavy (non-hydrogen) atoms. The van der Waals surface area contributed by atoms with Crippen LogP contribution in [0.5, 0.6) is 5.75 Å². The summed E-state index contributed by atoms with van der Waals surface area (Å²) < 4.78 is 43.7. The van der Waals surface area contributed by atoms with Crippen LogP contribution >= 0.6 is 15.9 Å². The van der Waals surface area contributed by atoms with E-state index >= 15 is 0 Å². The second kappa shape index (κ2) is 5.30. The number of rotatable bonds is 2. The van der Waals surface area contributed by atoms with Crippen LogP contribution in [-0.2, 0) is 10.9 Å². The Morgan fingerprint density at radius 3 is 2.16 bits per heavy atom. The van der Waals surface area contributed by atoms with Crippen molar-refractivity contribution in [2.24, 2.45) is 0 Å². The van der Waals surface area contributed by atoms with Gasteiger partial charge in [0, 0.05) is 0 Å². The standard InChI is InChI=1S/C12H14BrF3O3/c1-11(2,3)19-10(18)8-6(12(14,15)16)4-5-7(13)9(8)17/h4-5,10,17-18H,1-3H3. The Morgan fingerprint density at radius 1 is 1.21 bits per heavy atom. The number of aliphatic hydroxyl groups is 1. The predicted octanol–water partition coefficient (Wildman–Crippen LogP) is 3.98. The number of aliphatic hydroxyl groups excluding tert-OH is 1. The summed E-state index contributed by atoms with van der Waals surface area (Å²) in [5, 5.41) is 19.5. The fraction of sp³-hybridized carbons (Fsp3) is 0.500. The van der Waals surface area contributed by atoms with Gasteiger partial charge in [-0.2, -0.15) is 13.2 Å². The molecule has 1 aromatic rings. The van der Waals surface area contributed by atoms with Gasteiger partial charge in [-0.05, 0) is 48.8 Å². The van der Waals surface area contributed by atoms with Gasteiger partial charge in [0.2, 0.25) is 0 Å². The summed E-state index contributed by atoms with van der Waals surface area (Å²) in [6, 6.07) is 1.83. The van der Waals surface area contributed by atoms with Gasteiger partial charge in [0.15, 0.2) is 6.29 Å². The first kappa shape index (κ1) is 16.3. The van der Waals surface area contributed by atoms with Crippen LogP contribution in [0.15, 0.2) is 16.6 Å². The van der Waals surface area contributed by atoms with E-state index in [1.165, 1.54) is 0 Å². The molecule has 0 radical (unpaired) electrons. The first-order valence-corrected chi connectivity index (χ1v) is 6.17. The second-order valence-electron chi connectivity index (χ2n) is 4.94. The van der Waals surface area contributed by atoms with E-state index in [1.807, 2.05) is 0 Å². The summed E-state index contributed by atoms with van der Waals surface area (Å²) in [4.78, 5) is 0. The number of hydrogen-bond acceptors (Lipinski definition) is 3. The molecule has 0 aliphatic rings. The first-order valence-electron chi connectivity index (χ1n) is 5.38. The zero-order chi connectivity index (χ0) is 15.0. The lowest BCUT2D eigenvalue weighted by Gasteiger charge is -2.26. The molecule has 108 valence electrons. The van der Waals surface area contributed by atoms with Crippen LogP contribution in [0.25, 0.3) is 0 Å². The Balaban J connectivity index is 3.35. The third kappa shape index (κ3) is 4.09. The molecule has 0 saturated heterocycles. The van der Waals surface area contributed by atoms with Crippen LogP contribution in [0.3, 0.4) is 0 Å². The smallest absolute Gasteiger partial charge is 0.417 e. The Morgan fingerprint density at radius 2 is 1.74 bits per heavy atom. The molecular formula is C12H14BrF3O3. The third-order valence-corrected chi connectivity index (χ3v) is 2.83. The summed E-state index contributed by atoms with van der Waals surface area (Å²) in [5.74, 6) is -0.688. The minimum absolute atomic E-state index is 0.0482. The van der Waals surface area contributed by atoms with Crippen molar-refractivity contribution in [1.29, 1.82) is 0 Å². The van der Waals surface area contributed by atoms with E-state index in [0.29, 0.717) is 0 Å². The first-order chi connectivity index (χ1) is 8.43. The molecule has 0 saturated carbocycles. The average Bonchev–Trinajstić information content (AvgIpc) is 2.17. The van der Waals surface area contributed by atoms with Crippen LogP contribution in [0.1, 0.15) is 38.2 Å². The maximum Gasteiger partial charge on any atom is 0.417 e. The summed E-state index contributed by atoms with van der Waals surface area (Å²) in [7, 11) is 0. The molecule has 0 aromatic heterocycles. The maximum atomic E-state index is 12.9. The van der Waals surface area contributed by atoms with Gasteiger partial charge < -0.3 is 14.9 Å². The molecule has 0 aliphatic heterocycles. The molecule has 0 heterocycles. The van der Waals surface area contributed by atoms with Crippen molar-refractivity contribution >= 4 is 15.9 Å². The van der Waals surface area contributed by atoms with Gasteiger partial charge in [-0.1, -0.05) is 0 Å². The third-order valence-electron chi connectivity index (χ3n) is 2.19. The molecule has 7 heteroatoms. The van der Waals surface area contributed by atoms with Gasteiger partial charge in [0.25, 0.3) is 0 Å². The van der Waals surface area contributed by atoms with Gasteiger partial charge >= 0.3 is 6.18 Å². The molecule has 1 atom stereocenters. The molecule has 0 spiro atoms. The maximum absolute atomic E-state index is 12.9. The molecular weight excluding hydrogens is 329 g/mol.